The van der Waals surface area contributed by atoms with Crippen LogP contribution in [0, 0.1) is 11.8 Å². The third-order valence-electron chi connectivity index (χ3n) is 2.21. The van der Waals surface area contributed by atoms with Crippen molar-refractivity contribution in [1.29, 1.82) is 0 Å². The van der Waals surface area contributed by atoms with Gasteiger partial charge in [0.25, 0.3) is 0 Å². The molecule has 0 aliphatic rings. The van der Waals surface area contributed by atoms with Gasteiger partial charge in [0, 0.05) is 10.6 Å². The standard InChI is InChI=1S/C11H9ClN4O2/c12-8-4-3-7(2-1-5-13)9(6-8)16-10(17)14-15-11(16)18/h3-4,6H,5,13H2,(H,14,17)(H,15,18). The van der Waals surface area contributed by atoms with Gasteiger partial charge in [0.15, 0.2) is 0 Å². The Kier molecular flexibility index (Phi) is 3.37. The van der Waals surface area contributed by atoms with Gasteiger partial charge >= 0.3 is 11.4 Å². The van der Waals surface area contributed by atoms with E-state index in [0.29, 0.717) is 16.3 Å². The van der Waals surface area contributed by atoms with E-state index in [1.807, 2.05) is 0 Å². The van der Waals surface area contributed by atoms with Gasteiger partial charge in [-0.3, -0.25) is 0 Å². The molecule has 0 fully saturated rings. The van der Waals surface area contributed by atoms with Crippen LogP contribution in [0.2, 0.25) is 5.02 Å². The Morgan fingerprint density at radius 2 is 1.94 bits per heavy atom. The maximum Gasteiger partial charge on any atom is 0.349 e. The number of H-pyrrole nitrogens is 2. The summed E-state index contributed by atoms with van der Waals surface area (Å²) in [6.07, 6.45) is 0. The maximum atomic E-state index is 11.5. The quantitative estimate of drug-likeness (QED) is 0.623. The van der Waals surface area contributed by atoms with Crippen molar-refractivity contribution in [2.75, 3.05) is 6.54 Å². The van der Waals surface area contributed by atoms with E-state index in [4.69, 9.17) is 17.3 Å². The minimum Gasteiger partial charge on any atom is -0.320 e. The fraction of sp³-hybridized carbons (Fsp3) is 0.0909. The summed E-state index contributed by atoms with van der Waals surface area (Å²) in [5.41, 5.74) is 4.94. The van der Waals surface area contributed by atoms with E-state index in [-0.39, 0.29) is 6.54 Å². The molecule has 1 heterocycles. The summed E-state index contributed by atoms with van der Waals surface area (Å²) in [6.45, 7) is 0.181. The molecule has 1 aromatic carbocycles. The van der Waals surface area contributed by atoms with Crippen LogP contribution >= 0.6 is 11.6 Å². The van der Waals surface area contributed by atoms with Gasteiger partial charge < -0.3 is 5.73 Å². The Morgan fingerprint density at radius 1 is 1.28 bits per heavy atom. The average molecular weight is 265 g/mol. The van der Waals surface area contributed by atoms with Crippen molar-refractivity contribution in [3.8, 4) is 17.5 Å². The van der Waals surface area contributed by atoms with Crippen molar-refractivity contribution >= 4 is 11.6 Å². The van der Waals surface area contributed by atoms with Gasteiger partial charge in [-0.1, -0.05) is 23.4 Å². The first-order valence-electron chi connectivity index (χ1n) is 5.02. The molecule has 0 saturated heterocycles. The molecule has 0 spiro atoms. The molecular weight excluding hydrogens is 256 g/mol. The lowest BCUT2D eigenvalue weighted by Crippen LogP contribution is -2.25. The molecule has 0 aliphatic heterocycles. The number of rotatable bonds is 1. The Balaban J connectivity index is 2.73. The number of aromatic amines is 2. The molecule has 2 aromatic rings. The smallest absolute Gasteiger partial charge is 0.320 e. The summed E-state index contributed by atoms with van der Waals surface area (Å²) < 4.78 is 0.923. The second-order valence-corrected chi connectivity index (χ2v) is 3.80. The number of nitrogens with one attached hydrogen (secondary N) is 2. The van der Waals surface area contributed by atoms with Crippen LogP contribution in [0.5, 0.6) is 0 Å². The van der Waals surface area contributed by atoms with Crippen molar-refractivity contribution in [2.45, 2.75) is 0 Å². The number of hydrogen-bond acceptors (Lipinski definition) is 3. The number of aromatic nitrogens is 3. The molecular formula is C11H9ClN4O2. The second-order valence-electron chi connectivity index (χ2n) is 3.36. The van der Waals surface area contributed by atoms with E-state index in [1.165, 1.54) is 6.07 Å². The normalized spacial score (nSPS) is 9.89. The van der Waals surface area contributed by atoms with E-state index in [1.54, 1.807) is 12.1 Å². The van der Waals surface area contributed by atoms with E-state index in [0.717, 1.165) is 4.57 Å². The Hall–Kier alpha value is -2.23. The highest BCUT2D eigenvalue weighted by molar-refractivity contribution is 6.30. The van der Waals surface area contributed by atoms with E-state index >= 15 is 0 Å². The monoisotopic (exact) mass is 264 g/mol. The first kappa shape index (κ1) is 12.2. The van der Waals surface area contributed by atoms with Crippen LogP contribution in [0.3, 0.4) is 0 Å². The summed E-state index contributed by atoms with van der Waals surface area (Å²) >= 11 is 5.86. The molecule has 2 rings (SSSR count). The van der Waals surface area contributed by atoms with Gasteiger partial charge in [-0.05, 0) is 18.2 Å². The van der Waals surface area contributed by atoms with Crippen LogP contribution in [-0.2, 0) is 0 Å². The van der Waals surface area contributed by atoms with E-state index in [9.17, 15) is 9.59 Å². The summed E-state index contributed by atoms with van der Waals surface area (Å²) in [7, 11) is 0. The molecule has 0 unspecified atom stereocenters. The Labute approximate surface area is 106 Å². The zero-order valence-corrected chi connectivity index (χ0v) is 9.91. The zero-order valence-electron chi connectivity index (χ0n) is 9.16. The molecule has 0 amide bonds. The predicted octanol–water partition coefficient (Wildman–Crippen LogP) is -0.182. The highest BCUT2D eigenvalue weighted by Gasteiger charge is 2.10. The molecule has 7 heteroatoms. The Bertz CT molecular complexity index is 717. The Morgan fingerprint density at radius 3 is 2.56 bits per heavy atom. The van der Waals surface area contributed by atoms with Gasteiger partial charge in [0.1, 0.15) is 0 Å². The first-order valence-corrected chi connectivity index (χ1v) is 5.40. The van der Waals surface area contributed by atoms with Crippen molar-refractivity contribution in [2.24, 2.45) is 5.73 Å². The van der Waals surface area contributed by atoms with Crippen LogP contribution < -0.4 is 17.1 Å². The maximum absolute atomic E-state index is 11.5. The van der Waals surface area contributed by atoms with Crippen LogP contribution in [-0.4, -0.2) is 21.3 Å². The molecule has 0 atom stereocenters. The van der Waals surface area contributed by atoms with E-state index in [2.05, 4.69) is 22.0 Å². The predicted molar refractivity (Wildman–Crippen MR) is 68.0 cm³/mol. The van der Waals surface area contributed by atoms with Crippen LogP contribution in [0.4, 0.5) is 0 Å². The molecule has 4 N–H and O–H groups in total. The SMILES string of the molecule is NCC#Cc1ccc(Cl)cc1-n1c(=O)[nH][nH]c1=O. The summed E-state index contributed by atoms with van der Waals surface area (Å²) in [6, 6.07) is 4.74. The van der Waals surface area contributed by atoms with Gasteiger partial charge in [0.05, 0.1) is 12.2 Å². The lowest BCUT2D eigenvalue weighted by atomic mass is 10.2. The van der Waals surface area contributed by atoms with Gasteiger partial charge in [-0.25, -0.2) is 24.4 Å². The lowest BCUT2D eigenvalue weighted by Gasteiger charge is -2.03. The number of benzene rings is 1. The van der Waals surface area contributed by atoms with Crippen molar-refractivity contribution in [1.82, 2.24) is 14.8 Å². The van der Waals surface area contributed by atoms with Crippen LogP contribution in [0.25, 0.3) is 5.69 Å². The number of nitrogens with two attached hydrogens (primary N) is 1. The average Bonchev–Trinajstić information content (AvgIpc) is 2.67. The van der Waals surface area contributed by atoms with Crippen molar-refractivity contribution in [3.63, 3.8) is 0 Å². The second kappa shape index (κ2) is 4.96. The molecule has 0 radical (unpaired) electrons. The number of halogens is 1. The largest absolute Gasteiger partial charge is 0.349 e. The fourth-order valence-corrected chi connectivity index (χ4v) is 1.64. The topological polar surface area (TPSA) is 96.7 Å². The van der Waals surface area contributed by atoms with Gasteiger partial charge in [-0.15, -0.1) is 0 Å². The molecule has 0 aliphatic carbocycles. The van der Waals surface area contributed by atoms with Crippen LogP contribution in [0.15, 0.2) is 27.8 Å². The molecule has 18 heavy (non-hydrogen) atoms. The highest BCUT2D eigenvalue weighted by atomic mass is 35.5. The molecule has 0 bridgehead atoms. The lowest BCUT2D eigenvalue weighted by molar-refractivity contribution is 0.948. The number of hydrogen-bond donors (Lipinski definition) is 3. The third-order valence-corrected chi connectivity index (χ3v) is 2.44. The zero-order chi connectivity index (χ0) is 13.1. The third kappa shape index (κ3) is 2.22. The summed E-state index contributed by atoms with van der Waals surface area (Å²) in [4.78, 5) is 23.1. The summed E-state index contributed by atoms with van der Waals surface area (Å²) in [5.74, 6) is 5.44. The fourth-order valence-electron chi connectivity index (χ4n) is 1.47. The van der Waals surface area contributed by atoms with Crippen LogP contribution in [0.1, 0.15) is 5.56 Å². The van der Waals surface area contributed by atoms with E-state index < -0.39 is 11.4 Å². The van der Waals surface area contributed by atoms with Gasteiger partial charge in [-0.2, -0.15) is 0 Å². The van der Waals surface area contributed by atoms with Gasteiger partial charge in [0.2, 0.25) is 0 Å². The summed E-state index contributed by atoms with van der Waals surface area (Å²) in [5, 5.41) is 4.78. The minimum absolute atomic E-state index is 0.181. The molecule has 0 saturated carbocycles. The molecule has 1 aromatic heterocycles. The molecule has 6 nitrogen and oxygen atoms in total. The molecule has 92 valence electrons. The van der Waals surface area contributed by atoms with Crippen molar-refractivity contribution in [3.05, 3.63) is 49.8 Å². The number of nitrogens with zero attached hydrogens (tertiary/aromatic N) is 1. The minimum atomic E-state index is -0.585. The highest BCUT2D eigenvalue weighted by Crippen LogP contribution is 2.17. The van der Waals surface area contributed by atoms with Crippen molar-refractivity contribution < 1.29 is 0 Å². The first-order chi connectivity index (χ1) is 8.63.